The first-order valence-electron chi connectivity index (χ1n) is 8.24. The van der Waals surface area contributed by atoms with Gasteiger partial charge in [0, 0.05) is 19.2 Å². The van der Waals surface area contributed by atoms with Crippen molar-refractivity contribution in [3.8, 4) is 5.75 Å². The first-order chi connectivity index (χ1) is 11.8. The van der Waals surface area contributed by atoms with E-state index in [0.29, 0.717) is 31.7 Å². The van der Waals surface area contributed by atoms with Crippen molar-refractivity contribution >= 4 is 21.7 Å². The molecule has 25 heavy (non-hydrogen) atoms. The van der Waals surface area contributed by atoms with Gasteiger partial charge in [0.25, 0.3) is 0 Å². The molecule has 0 spiro atoms. The fourth-order valence-electron chi connectivity index (χ4n) is 2.83. The molecule has 7 nitrogen and oxygen atoms in total. The smallest absolute Gasteiger partial charge is 0.326 e. The molecule has 0 unspecified atom stereocenters. The maximum absolute atomic E-state index is 12.2. The van der Waals surface area contributed by atoms with Crippen LogP contribution in [0.15, 0.2) is 29.2 Å². The molecule has 1 aliphatic rings. The van der Waals surface area contributed by atoms with Gasteiger partial charge >= 0.3 is 5.97 Å². The molecule has 0 bridgehead atoms. The van der Waals surface area contributed by atoms with Crippen molar-refractivity contribution in [2.75, 3.05) is 19.4 Å². The summed E-state index contributed by atoms with van der Waals surface area (Å²) in [5.41, 5.74) is 0. The highest BCUT2D eigenvalue weighted by Gasteiger charge is 2.31. The zero-order valence-electron chi connectivity index (χ0n) is 14.2. The number of likely N-dealkylation sites (tertiary alicyclic amines) is 1. The Morgan fingerprint density at radius 2 is 1.92 bits per heavy atom. The lowest BCUT2D eigenvalue weighted by atomic mass is 10.0. The number of benzene rings is 1. The minimum atomic E-state index is -3.23. The second-order valence-electron chi connectivity index (χ2n) is 6.13. The van der Waals surface area contributed by atoms with Crippen LogP contribution in [0.3, 0.4) is 0 Å². The van der Waals surface area contributed by atoms with Gasteiger partial charge in [-0.2, -0.15) is 0 Å². The second-order valence-corrected chi connectivity index (χ2v) is 8.15. The maximum Gasteiger partial charge on any atom is 0.326 e. The van der Waals surface area contributed by atoms with Crippen molar-refractivity contribution in [1.29, 1.82) is 0 Å². The number of aliphatic carboxylic acids is 1. The fraction of sp³-hybridized carbons (Fsp3) is 0.529. The molecule has 0 aliphatic carbocycles. The summed E-state index contributed by atoms with van der Waals surface area (Å²) in [6.07, 6.45) is 4.00. The molecule has 0 aromatic heterocycles. The van der Waals surface area contributed by atoms with Gasteiger partial charge < -0.3 is 14.7 Å². The molecular formula is C17H23NO6S. The Labute approximate surface area is 147 Å². The molecule has 1 N–H and O–H groups in total. The van der Waals surface area contributed by atoms with Crippen molar-refractivity contribution < 1.29 is 27.9 Å². The number of hydrogen-bond donors (Lipinski definition) is 1. The largest absolute Gasteiger partial charge is 0.494 e. The molecule has 1 atom stereocenters. The Morgan fingerprint density at radius 3 is 2.52 bits per heavy atom. The van der Waals surface area contributed by atoms with Crippen molar-refractivity contribution in [1.82, 2.24) is 4.90 Å². The Hall–Kier alpha value is -2.09. The molecule has 1 fully saturated rings. The topological polar surface area (TPSA) is 101 Å². The second kappa shape index (κ2) is 8.33. The van der Waals surface area contributed by atoms with E-state index >= 15 is 0 Å². The number of carbonyl (C=O) groups excluding carboxylic acids is 1. The summed E-state index contributed by atoms with van der Waals surface area (Å²) < 4.78 is 28.3. The van der Waals surface area contributed by atoms with Crippen LogP contribution < -0.4 is 4.74 Å². The van der Waals surface area contributed by atoms with Gasteiger partial charge in [0.05, 0.1) is 11.5 Å². The van der Waals surface area contributed by atoms with Crippen LogP contribution in [0.4, 0.5) is 0 Å². The van der Waals surface area contributed by atoms with Gasteiger partial charge in [-0.15, -0.1) is 0 Å². The van der Waals surface area contributed by atoms with Crippen molar-refractivity contribution in [2.24, 2.45) is 0 Å². The molecule has 0 radical (unpaired) electrons. The predicted octanol–water partition coefficient (Wildman–Crippen LogP) is 1.71. The highest BCUT2D eigenvalue weighted by molar-refractivity contribution is 7.90. The summed E-state index contributed by atoms with van der Waals surface area (Å²) in [5, 5.41) is 9.20. The van der Waals surface area contributed by atoms with Crippen LogP contribution in [0.25, 0.3) is 0 Å². The lowest BCUT2D eigenvalue weighted by Gasteiger charge is -2.33. The van der Waals surface area contributed by atoms with Crippen LogP contribution >= 0.6 is 0 Å². The van der Waals surface area contributed by atoms with Gasteiger partial charge in [-0.3, -0.25) is 4.79 Å². The monoisotopic (exact) mass is 369 g/mol. The van der Waals surface area contributed by atoms with E-state index in [2.05, 4.69) is 0 Å². The molecule has 8 heteroatoms. The summed E-state index contributed by atoms with van der Waals surface area (Å²) in [7, 11) is -3.23. The summed E-state index contributed by atoms with van der Waals surface area (Å²) in [6.45, 7) is 0.791. The molecule has 1 aliphatic heterocycles. The van der Waals surface area contributed by atoms with Crippen LogP contribution in [-0.2, 0) is 19.4 Å². The Morgan fingerprint density at radius 1 is 1.24 bits per heavy atom. The van der Waals surface area contributed by atoms with Gasteiger partial charge in [0.15, 0.2) is 9.84 Å². The number of carbonyl (C=O) groups is 2. The minimum absolute atomic E-state index is 0.164. The molecule has 1 saturated heterocycles. The average molecular weight is 369 g/mol. The summed E-state index contributed by atoms with van der Waals surface area (Å²) in [6, 6.07) is 5.37. The number of rotatable bonds is 7. The predicted molar refractivity (Wildman–Crippen MR) is 91.3 cm³/mol. The van der Waals surface area contributed by atoms with Crippen LogP contribution in [0.5, 0.6) is 5.75 Å². The number of ether oxygens (including phenoxy) is 1. The Balaban J connectivity index is 1.78. The lowest BCUT2D eigenvalue weighted by molar-refractivity contribution is -0.152. The van der Waals surface area contributed by atoms with Gasteiger partial charge in [0.2, 0.25) is 5.91 Å². The van der Waals surface area contributed by atoms with E-state index in [1.54, 1.807) is 12.1 Å². The third kappa shape index (κ3) is 5.45. The SMILES string of the molecule is CS(=O)(=O)c1ccc(OCCCC(=O)N2CCCC[C@@H]2C(=O)O)cc1. The molecular weight excluding hydrogens is 346 g/mol. The molecule has 1 aromatic carbocycles. The molecule has 138 valence electrons. The number of nitrogens with zero attached hydrogens (tertiary/aromatic N) is 1. The number of piperidine rings is 1. The number of carboxylic acids is 1. The highest BCUT2D eigenvalue weighted by atomic mass is 32.2. The van der Waals surface area contributed by atoms with E-state index in [-0.39, 0.29) is 17.2 Å². The summed E-state index contributed by atoms with van der Waals surface area (Å²) in [5.74, 6) is -0.584. The van der Waals surface area contributed by atoms with Crippen molar-refractivity contribution in [3.05, 3.63) is 24.3 Å². The quantitative estimate of drug-likeness (QED) is 0.735. The summed E-state index contributed by atoms with van der Waals surface area (Å²) >= 11 is 0. The standard InChI is InChI=1S/C17H23NO6S/c1-25(22,23)14-9-7-13(8-10-14)24-12-4-6-16(19)18-11-3-2-5-15(18)17(20)21/h7-10,15H,2-6,11-12H2,1H3,(H,20,21)/t15-/m1/s1. The summed E-state index contributed by atoms with van der Waals surface area (Å²) in [4.78, 5) is 25.1. The first-order valence-corrected chi connectivity index (χ1v) is 10.1. The van der Waals surface area contributed by atoms with Gasteiger partial charge in [0.1, 0.15) is 11.8 Å². The normalized spacial score (nSPS) is 18.0. The van der Waals surface area contributed by atoms with E-state index in [9.17, 15) is 23.1 Å². The molecule has 0 saturated carbocycles. The Kier molecular flexibility index (Phi) is 6.41. The van der Waals surface area contributed by atoms with Crippen LogP contribution in [0, 0.1) is 0 Å². The lowest BCUT2D eigenvalue weighted by Crippen LogP contribution is -2.47. The van der Waals surface area contributed by atoms with E-state index in [1.165, 1.54) is 17.0 Å². The molecule has 1 aromatic rings. The van der Waals surface area contributed by atoms with Crippen LogP contribution in [-0.4, -0.2) is 55.7 Å². The van der Waals surface area contributed by atoms with Gasteiger partial charge in [-0.25, -0.2) is 13.2 Å². The zero-order chi connectivity index (χ0) is 18.4. The van der Waals surface area contributed by atoms with Crippen molar-refractivity contribution in [2.45, 2.75) is 43.0 Å². The van der Waals surface area contributed by atoms with Crippen LogP contribution in [0.1, 0.15) is 32.1 Å². The maximum atomic E-state index is 12.2. The highest BCUT2D eigenvalue weighted by Crippen LogP contribution is 2.19. The van der Waals surface area contributed by atoms with E-state index in [1.807, 2.05) is 0 Å². The molecule has 1 amide bonds. The van der Waals surface area contributed by atoms with E-state index in [4.69, 9.17) is 4.74 Å². The van der Waals surface area contributed by atoms with E-state index < -0.39 is 21.8 Å². The molecule has 1 heterocycles. The number of hydrogen-bond acceptors (Lipinski definition) is 5. The third-order valence-corrected chi connectivity index (χ3v) is 5.29. The first kappa shape index (κ1) is 19.2. The van der Waals surface area contributed by atoms with Crippen molar-refractivity contribution in [3.63, 3.8) is 0 Å². The van der Waals surface area contributed by atoms with Crippen LogP contribution in [0.2, 0.25) is 0 Å². The van der Waals surface area contributed by atoms with Gasteiger partial charge in [-0.05, 0) is 49.9 Å². The third-order valence-electron chi connectivity index (χ3n) is 4.16. The average Bonchev–Trinajstić information content (AvgIpc) is 2.58. The number of sulfone groups is 1. The van der Waals surface area contributed by atoms with Gasteiger partial charge in [-0.1, -0.05) is 0 Å². The fourth-order valence-corrected chi connectivity index (χ4v) is 3.46. The minimum Gasteiger partial charge on any atom is -0.494 e. The van der Waals surface area contributed by atoms with E-state index in [0.717, 1.165) is 19.1 Å². The number of amides is 1. The number of carboxylic acid groups (broad SMARTS) is 1. The Bertz CT molecular complexity index is 713. The molecule has 2 rings (SSSR count). The zero-order valence-corrected chi connectivity index (χ0v) is 15.0.